The first kappa shape index (κ1) is 15.3. The Kier molecular flexibility index (Phi) is 4.43. The highest BCUT2D eigenvalue weighted by molar-refractivity contribution is 5.92. The van der Waals surface area contributed by atoms with Gasteiger partial charge in [0.15, 0.2) is 0 Å². The van der Waals surface area contributed by atoms with Crippen molar-refractivity contribution in [1.82, 2.24) is 9.80 Å². The van der Waals surface area contributed by atoms with Gasteiger partial charge in [0, 0.05) is 37.6 Å². The van der Waals surface area contributed by atoms with E-state index < -0.39 is 6.61 Å². The van der Waals surface area contributed by atoms with E-state index in [9.17, 15) is 9.59 Å². The van der Waals surface area contributed by atoms with Crippen molar-refractivity contribution in [1.29, 1.82) is 0 Å². The van der Waals surface area contributed by atoms with Gasteiger partial charge in [-0.1, -0.05) is 18.2 Å². The van der Waals surface area contributed by atoms with Crippen LogP contribution in [0.4, 0.5) is 0 Å². The van der Waals surface area contributed by atoms with E-state index in [1.165, 1.54) is 6.08 Å². The lowest BCUT2D eigenvalue weighted by atomic mass is 10.2. The normalized spacial score (nSPS) is 15.5. The molecule has 2 aromatic rings. The Morgan fingerprint density at radius 1 is 1.13 bits per heavy atom. The molecule has 0 radical (unpaired) electrons. The SMILES string of the molecule is O=C(/C=C/c1cc2ccccc2o1)N1CCN(C(=O)CO)CC1. The number of aliphatic hydroxyl groups excluding tert-OH is 1. The Balaban J connectivity index is 1.60. The van der Waals surface area contributed by atoms with E-state index in [0.29, 0.717) is 31.9 Å². The fraction of sp³-hybridized carbons (Fsp3) is 0.294. The van der Waals surface area contributed by atoms with Crippen molar-refractivity contribution in [3.63, 3.8) is 0 Å². The largest absolute Gasteiger partial charge is 0.457 e. The predicted octanol–water partition coefficient (Wildman–Crippen LogP) is 1.11. The maximum atomic E-state index is 12.2. The van der Waals surface area contributed by atoms with Crippen LogP contribution in [-0.2, 0) is 9.59 Å². The number of piperazine rings is 1. The van der Waals surface area contributed by atoms with E-state index in [-0.39, 0.29) is 11.8 Å². The summed E-state index contributed by atoms with van der Waals surface area (Å²) in [6, 6.07) is 9.56. The third-order valence-electron chi connectivity index (χ3n) is 3.91. The van der Waals surface area contributed by atoms with Crippen LogP contribution in [0.1, 0.15) is 5.76 Å². The number of para-hydroxylation sites is 1. The second-order valence-corrected chi connectivity index (χ2v) is 5.38. The fourth-order valence-corrected chi connectivity index (χ4v) is 2.62. The van der Waals surface area contributed by atoms with Crippen LogP contribution in [0, 0.1) is 0 Å². The molecule has 0 atom stereocenters. The summed E-state index contributed by atoms with van der Waals surface area (Å²) in [7, 11) is 0. The Labute approximate surface area is 133 Å². The summed E-state index contributed by atoms with van der Waals surface area (Å²) < 4.78 is 5.63. The van der Waals surface area contributed by atoms with Crippen LogP contribution in [0.25, 0.3) is 17.0 Å². The van der Waals surface area contributed by atoms with Crippen LogP contribution >= 0.6 is 0 Å². The lowest BCUT2D eigenvalue weighted by Crippen LogP contribution is -2.50. The lowest BCUT2D eigenvalue weighted by molar-refractivity contribution is -0.139. The van der Waals surface area contributed by atoms with Crippen molar-refractivity contribution in [3.05, 3.63) is 42.2 Å². The number of carbonyl (C=O) groups excluding carboxylic acids is 2. The zero-order valence-electron chi connectivity index (χ0n) is 12.6. The predicted molar refractivity (Wildman–Crippen MR) is 85.5 cm³/mol. The number of nitrogens with zero attached hydrogens (tertiary/aromatic N) is 2. The standard InChI is InChI=1S/C17H18N2O4/c20-12-17(22)19-9-7-18(8-10-19)16(21)6-5-14-11-13-3-1-2-4-15(13)23-14/h1-6,11,20H,7-10,12H2/b6-5+. The van der Waals surface area contributed by atoms with E-state index >= 15 is 0 Å². The van der Waals surface area contributed by atoms with Gasteiger partial charge in [0.1, 0.15) is 18.0 Å². The second-order valence-electron chi connectivity index (χ2n) is 5.38. The second kappa shape index (κ2) is 6.66. The van der Waals surface area contributed by atoms with E-state index in [1.807, 2.05) is 30.3 Å². The Morgan fingerprint density at radius 3 is 2.52 bits per heavy atom. The molecule has 0 spiro atoms. The Hall–Kier alpha value is -2.60. The Morgan fingerprint density at radius 2 is 1.83 bits per heavy atom. The van der Waals surface area contributed by atoms with Gasteiger partial charge in [-0.15, -0.1) is 0 Å². The van der Waals surface area contributed by atoms with Crippen molar-refractivity contribution in [2.24, 2.45) is 0 Å². The van der Waals surface area contributed by atoms with Gasteiger partial charge in [0.05, 0.1) is 0 Å². The number of carbonyl (C=O) groups is 2. The summed E-state index contributed by atoms with van der Waals surface area (Å²) in [5.41, 5.74) is 0.788. The molecule has 1 aromatic heterocycles. The molecule has 1 aromatic carbocycles. The number of furan rings is 1. The molecule has 6 heteroatoms. The van der Waals surface area contributed by atoms with Crippen LogP contribution in [0.5, 0.6) is 0 Å². The quantitative estimate of drug-likeness (QED) is 0.861. The maximum absolute atomic E-state index is 12.2. The summed E-state index contributed by atoms with van der Waals surface area (Å²) in [5, 5.41) is 9.84. The molecule has 0 unspecified atom stereocenters. The average molecular weight is 314 g/mol. The zero-order valence-corrected chi connectivity index (χ0v) is 12.6. The third-order valence-corrected chi connectivity index (χ3v) is 3.91. The number of hydrogen-bond acceptors (Lipinski definition) is 4. The molecule has 0 saturated carbocycles. The first-order valence-corrected chi connectivity index (χ1v) is 7.51. The summed E-state index contributed by atoms with van der Waals surface area (Å²) in [6.07, 6.45) is 3.15. The Bertz CT molecular complexity index is 709. The fourth-order valence-electron chi connectivity index (χ4n) is 2.62. The van der Waals surface area contributed by atoms with Gasteiger partial charge in [-0.05, 0) is 18.2 Å². The van der Waals surface area contributed by atoms with Crippen molar-refractivity contribution >= 4 is 28.9 Å². The number of fused-ring (bicyclic) bond motifs is 1. The van der Waals surface area contributed by atoms with Crippen molar-refractivity contribution in [2.75, 3.05) is 32.8 Å². The monoisotopic (exact) mass is 314 g/mol. The molecule has 23 heavy (non-hydrogen) atoms. The third kappa shape index (κ3) is 3.43. The molecule has 2 amide bonds. The molecule has 0 bridgehead atoms. The minimum atomic E-state index is -0.486. The molecule has 2 heterocycles. The molecule has 1 aliphatic rings. The smallest absolute Gasteiger partial charge is 0.248 e. The molecule has 1 aliphatic heterocycles. The topological polar surface area (TPSA) is 74.0 Å². The van der Waals surface area contributed by atoms with Gasteiger partial charge < -0.3 is 19.3 Å². The van der Waals surface area contributed by atoms with Gasteiger partial charge in [0.2, 0.25) is 11.8 Å². The van der Waals surface area contributed by atoms with Gasteiger partial charge >= 0.3 is 0 Å². The van der Waals surface area contributed by atoms with Crippen LogP contribution in [0.3, 0.4) is 0 Å². The molecule has 1 N–H and O–H groups in total. The summed E-state index contributed by atoms with van der Waals surface area (Å²) >= 11 is 0. The molecular formula is C17H18N2O4. The van der Waals surface area contributed by atoms with Crippen LogP contribution in [-0.4, -0.2) is 59.5 Å². The molecule has 120 valence electrons. The van der Waals surface area contributed by atoms with E-state index in [2.05, 4.69) is 0 Å². The first-order valence-electron chi connectivity index (χ1n) is 7.51. The zero-order chi connectivity index (χ0) is 16.2. The summed E-state index contributed by atoms with van der Waals surface area (Å²) in [5.74, 6) is 0.227. The molecule has 0 aliphatic carbocycles. The molecular weight excluding hydrogens is 296 g/mol. The molecule has 1 fully saturated rings. The number of aliphatic hydroxyl groups is 1. The highest BCUT2D eigenvalue weighted by Gasteiger charge is 2.22. The minimum absolute atomic E-state index is 0.110. The summed E-state index contributed by atoms with van der Waals surface area (Å²) in [6.45, 7) is 1.34. The van der Waals surface area contributed by atoms with Crippen LogP contribution in [0.15, 0.2) is 40.8 Å². The minimum Gasteiger partial charge on any atom is -0.457 e. The number of rotatable bonds is 3. The van der Waals surface area contributed by atoms with Gasteiger partial charge in [-0.3, -0.25) is 9.59 Å². The van der Waals surface area contributed by atoms with E-state index in [0.717, 1.165) is 11.0 Å². The van der Waals surface area contributed by atoms with E-state index in [1.54, 1.807) is 15.9 Å². The van der Waals surface area contributed by atoms with Crippen LogP contribution in [0.2, 0.25) is 0 Å². The van der Waals surface area contributed by atoms with E-state index in [4.69, 9.17) is 9.52 Å². The number of benzene rings is 1. The molecule has 1 saturated heterocycles. The molecule has 3 rings (SSSR count). The van der Waals surface area contributed by atoms with Gasteiger partial charge in [0.25, 0.3) is 0 Å². The van der Waals surface area contributed by atoms with Gasteiger partial charge in [-0.25, -0.2) is 0 Å². The molecule has 6 nitrogen and oxygen atoms in total. The highest BCUT2D eigenvalue weighted by atomic mass is 16.3. The van der Waals surface area contributed by atoms with Crippen LogP contribution < -0.4 is 0 Å². The van der Waals surface area contributed by atoms with Crippen molar-refractivity contribution in [2.45, 2.75) is 0 Å². The van der Waals surface area contributed by atoms with Crippen molar-refractivity contribution < 1.29 is 19.1 Å². The average Bonchev–Trinajstić information content (AvgIpc) is 3.02. The van der Waals surface area contributed by atoms with Crippen molar-refractivity contribution in [3.8, 4) is 0 Å². The maximum Gasteiger partial charge on any atom is 0.248 e. The van der Waals surface area contributed by atoms with Gasteiger partial charge in [-0.2, -0.15) is 0 Å². The number of hydrogen-bond donors (Lipinski definition) is 1. The first-order chi connectivity index (χ1) is 11.2. The lowest BCUT2D eigenvalue weighted by Gasteiger charge is -2.33. The highest BCUT2D eigenvalue weighted by Crippen LogP contribution is 2.19. The summed E-state index contributed by atoms with van der Waals surface area (Å²) in [4.78, 5) is 26.8. The number of amides is 2.